The number of guanidine groups is 1. The summed E-state index contributed by atoms with van der Waals surface area (Å²) in [6, 6.07) is 4.54. The molecule has 1 aromatic heterocycles. The number of hydrogen-bond acceptors (Lipinski definition) is 3. The van der Waals surface area contributed by atoms with E-state index in [1.54, 1.807) is 0 Å². The van der Waals surface area contributed by atoms with Gasteiger partial charge in [-0.1, -0.05) is 26.2 Å². The van der Waals surface area contributed by atoms with E-state index in [2.05, 4.69) is 42.5 Å². The molecule has 5 heteroatoms. The molecule has 0 aliphatic rings. The van der Waals surface area contributed by atoms with Crippen LogP contribution in [0.4, 0.5) is 5.82 Å². The van der Waals surface area contributed by atoms with Crippen LogP contribution in [-0.2, 0) is 6.54 Å². The fraction of sp³-hybridized carbons (Fsp3) is 0.667. The monoisotopic (exact) mass is 319 g/mol. The molecule has 0 spiro atoms. The molecule has 23 heavy (non-hydrogen) atoms. The minimum atomic E-state index is 0.439. The fourth-order valence-electron chi connectivity index (χ4n) is 2.30. The zero-order chi connectivity index (χ0) is 17.1. The van der Waals surface area contributed by atoms with Crippen molar-refractivity contribution in [3.8, 4) is 0 Å². The number of anilines is 1. The van der Waals surface area contributed by atoms with E-state index in [4.69, 9.17) is 4.99 Å². The van der Waals surface area contributed by atoms with Crippen molar-refractivity contribution in [2.75, 3.05) is 25.5 Å². The Balaban J connectivity index is 2.62. The van der Waals surface area contributed by atoms with Gasteiger partial charge in [0.25, 0.3) is 0 Å². The second kappa shape index (κ2) is 10.9. The maximum atomic E-state index is 4.70. The first-order valence-corrected chi connectivity index (χ1v) is 8.73. The SMILES string of the molecule is CCCCCC(C)NC(=NCc1ccnc(N(C)C)c1)NCC. The molecule has 0 aliphatic carbocycles. The average Bonchev–Trinajstić information content (AvgIpc) is 2.53. The van der Waals surface area contributed by atoms with Gasteiger partial charge >= 0.3 is 0 Å². The minimum absolute atomic E-state index is 0.439. The molecule has 1 unspecified atom stereocenters. The molecule has 1 heterocycles. The number of rotatable bonds is 9. The highest BCUT2D eigenvalue weighted by atomic mass is 15.2. The smallest absolute Gasteiger partial charge is 0.191 e. The third kappa shape index (κ3) is 7.86. The van der Waals surface area contributed by atoms with E-state index in [0.717, 1.165) is 18.3 Å². The minimum Gasteiger partial charge on any atom is -0.363 e. The lowest BCUT2D eigenvalue weighted by Gasteiger charge is -2.18. The molecule has 0 bridgehead atoms. The molecule has 1 rings (SSSR count). The Hall–Kier alpha value is -1.78. The first-order valence-electron chi connectivity index (χ1n) is 8.73. The van der Waals surface area contributed by atoms with Crippen molar-refractivity contribution in [3.63, 3.8) is 0 Å². The van der Waals surface area contributed by atoms with E-state index in [1.807, 2.05) is 31.3 Å². The van der Waals surface area contributed by atoms with Crippen LogP contribution in [-0.4, -0.2) is 37.6 Å². The highest BCUT2D eigenvalue weighted by molar-refractivity contribution is 5.80. The first kappa shape index (κ1) is 19.3. The van der Waals surface area contributed by atoms with E-state index in [-0.39, 0.29) is 0 Å². The van der Waals surface area contributed by atoms with E-state index in [0.29, 0.717) is 12.6 Å². The molecule has 5 nitrogen and oxygen atoms in total. The van der Waals surface area contributed by atoms with Crippen LogP contribution in [0.15, 0.2) is 23.3 Å². The predicted octanol–water partition coefficient (Wildman–Crippen LogP) is 3.17. The first-order chi connectivity index (χ1) is 11.1. The molecule has 0 saturated heterocycles. The summed E-state index contributed by atoms with van der Waals surface area (Å²) in [7, 11) is 4.00. The van der Waals surface area contributed by atoms with Crippen LogP contribution >= 0.6 is 0 Å². The summed E-state index contributed by atoms with van der Waals surface area (Å²) in [5.74, 6) is 1.85. The van der Waals surface area contributed by atoms with E-state index in [1.165, 1.54) is 31.2 Å². The molecule has 0 aliphatic heterocycles. The maximum absolute atomic E-state index is 4.70. The Morgan fingerprint density at radius 1 is 1.30 bits per heavy atom. The normalized spacial score (nSPS) is 12.8. The van der Waals surface area contributed by atoms with E-state index in [9.17, 15) is 0 Å². The zero-order valence-electron chi connectivity index (χ0n) is 15.4. The van der Waals surface area contributed by atoms with Crippen molar-refractivity contribution >= 4 is 11.8 Å². The van der Waals surface area contributed by atoms with Crippen LogP contribution in [0.2, 0.25) is 0 Å². The average molecular weight is 319 g/mol. The molecule has 0 amide bonds. The highest BCUT2D eigenvalue weighted by Crippen LogP contribution is 2.10. The van der Waals surface area contributed by atoms with Crippen LogP contribution < -0.4 is 15.5 Å². The Morgan fingerprint density at radius 3 is 2.74 bits per heavy atom. The van der Waals surface area contributed by atoms with Crippen LogP contribution in [0, 0.1) is 0 Å². The summed E-state index contributed by atoms with van der Waals surface area (Å²) in [6.45, 7) is 8.07. The second-order valence-electron chi connectivity index (χ2n) is 6.15. The van der Waals surface area contributed by atoms with Gasteiger partial charge in [-0.3, -0.25) is 0 Å². The van der Waals surface area contributed by atoms with Crippen molar-refractivity contribution in [2.45, 2.75) is 59.0 Å². The third-order valence-corrected chi connectivity index (χ3v) is 3.66. The van der Waals surface area contributed by atoms with Crippen LogP contribution in [0.25, 0.3) is 0 Å². The summed E-state index contributed by atoms with van der Waals surface area (Å²) < 4.78 is 0. The van der Waals surface area contributed by atoms with Crippen LogP contribution in [0.5, 0.6) is 0 Å². The summed E-state index contributed by atoms with van der Waals surface area (Å²) in [5, 5.41) is 6.82. The van der Waals surface area contributed by atoms with Gasteiger partial charge in [0, 0.05) is 32.9 Å². The highest BCUT2D eigenvalue weighted by Gasteiger charge is 2.05. The van der Waals surface area contributed by atoms with Gasteiger partial charge < -0.3 is 15.5 Å². The molecule has 0 fully saturated rings. The van der Waals surface area contributed by atoms with Gasteiger partial charge in [0.05, 0.1) is 6.54 Å². The maximum Gasteiger partial charge on any atom is 0.191 e. The number of pyridine rings is 1. The van der Waals surface area contributed by atoms with Gasteiger partial charge in [0.1, 0.15) is 5.82 Å². The van der Waals surface area contributed by atoms with Crippen molar-refractivity contribution in [2.24, 2.45) is 4.99 Å². The number of nitrogens with zero attached hydrogens (tertiary/aromatic N) is 3. The van der Waals surface area contributed by atoms with Gasteiger partial charge in [-0.2, -0.15) is 0 Å². The molecule has 1 atom stereocenters. The summed E-state index contributed by atoms with van der Waals surface area (Å²) in [4.78, 5) is 11.0. The van der Waals surface area contributed by atoms with Crippen molar-refractivity contribution < 1.29 is 0 Å². The molecule has 0 aromatic carbocycles. The van der Waals surface area contributed by atoms with Crippen molar-refractivity contribution in [3.05, 3.63) is 23.9 Å². The molecule has 0 saturated carbocycles. The van der Waals surface area contributed by atoms with Crippen LogP contribution in [0.1, 0.15) is 52.0 Å². The van der Waals surface area contributed by atoms with Gasteiger partial charge in [0.2, 0.25) is 0 Å². The summed E-state index contributed by atoms with van der Waals surface area (Å²) in [5.41, 5.74) is 1.17. The standard InChI is InChI=1S/C18H33N5/c1-6-8-9-10-15(3)22-18(19-7-2)21-14-16-11-12-20-17(13-16)23(4)5/h11-13,15H,6-10,14H2,1-5H3,(H2,19,21,22). The number of nitrogens with one attached hydrogen (secondary N) is 2. The van der Waals surface area contributed by atoms with Gasteiger partial charge in [-0.15, -0.1) is 0 Å². The van der Waals surface area contributed by atoms with Gasteiger partial charge in [0.15, 0.2) is 5.96 Å². The molecule has 130 valence electrons. The lowest BCUT2D eigenvalue weighted by Crippen LogP contribution is -2.42. The number of unbranched alkanes of at least 4 members (excludes halogenated alkanes) is 2. The Labute approximate surface area is 141 Å². The van der Waals surface area contributed by atoms with Gasteiger partial charge in [-0.05, 0) is 38.0 Å². The molecular formula is C18H33N5. The molecule has 2 N–H and O–H groups in total. The van der Waals surface area contributed by atoms with E-state index >= 15 is 0 Å². The lowest BCUT2D eigenvalue weighted by atomic mass is 10.1. The fourth-order valence-corrected chi connectivity index (χ4v) is 2.30. The topological polar surface area (TPSA) is 52.6 Å². The quantitative estimate of drug-likeness (QED) is 0.417. The van der Waals surface area contributed by atoms with Crippen molar-refractivity contribution in [1.82, 2.24) is 15.6 Å². The largest absolute Gasteiger partial charge is 0.363 e. The summed E-state index contributed by atoms with van der Waals surface area (Å²) >= 11 is 0. The number of hydrogen-bond donors (Lipinski definition) is 2. The van der Waals surface area contributed by atoms with Crippen molar-refractivity contribution in [1.29, 1.82) is 0 Å². The predicted molar refractivity (Wildman–Crippen MR) is 100 cm³/mol. The van der Waals surface area contributed by atoms with Crippen LogP contribution in [0.3, 0.4) is 0 Å². The third-order valence-electron chi connectivity index (χ3n) is 3.66. The Kier molecular flexibility index (Phi) is 9.10. The second-order valence-corrected chi connectivity index (χ2v) is 6.15. The number of aromatic nitrogens is 1. The zero-order valence-corrected chi connectivity index (χ0v) is 15.4. The Bertz CT molecular complexity index is 470. The Morgan fingerprint density at radius 2 is 2.09 bits per heavy atom. The number of aliphatic imine (C=N–C) groups is 1. The lowest BCUT2D eigenvalue weighted by molar-refractivity contribution is 0.547. The van der Waals surface area contributed by atoms with Gasteiger partial charge in [-0.25, -0.2) is 9.98 Å². The van der Waals surface area contributed by atoms with E-state index < -0.39 is 0 Å². The molecule has 1 aromatic rings. The summed E-state index contributed by atoms with van der Waals surface area (Å²) in [6.07, 6.45) is 6.84. The molecule has 0 radical (unpaired) electrons. The molecular weight excluding hydrogens is 286 g/mol.